The van der Waals surface area contributed by atoms with Crippen LogP contribution in [-0.2, 0) is 65.4 Å². The Balaban J connectivity index is 5.27. The summed E-state index contributed by atoms with van der Waals surface area (Å²) in [5.41, 5.74) is 0. The summed E-state index contributed by atoms with van der Waals surface area (Å²) in [6.45, 7) is 7.35. The summed E-state index contributed by atoms with van der Waals surface area (Å²) in [5, 5.41) is 10.7. The molecule has 0 fully saturated rings. The highest BCUT2D eigenvalue weighted by Crippen LogP contribution is 2.45. The lowest BCUT2D eigenvalue weighted by Gasteiger charge is -2.21. The van der Waals surface area contributed by atoms with E-state index in [1.165, 1.54) is 263 Å². The maximum atomic E-state index is 13.1. The zero-order chi connectivity index (χ0) is 74.1. The first-order valence-corrected chi connectivity index (χ1v) is 45.7. The normalized spacial score (nSPS) is 14.1. The lowest BCUT2D eigenvalue weighted by atomic mass is 9.99. The van der Waals surface area contributed by atoms with E-state index in [-0.39, 0.29) is 25.7 Å². The molecule has 17 nitrogen and oxygen atoms in total. The van der Waals surface area contributed by atoms with Gasteiger partial charge in [0, 0.05) is 25.7 Å². The molecular weight excluding hydrogens is 1320 g/mol. The average molecular weight is 1480 g/mol. The van der Waals surface area contributed by atoms with Crippen molar-refractivity contribution in [2.45, 2.75) is 457 Å². The van der Waals surface area contributed by atoms with Crippen LogP contribution in [0.25, 0.3) is 0 Å². The fraction of sp³-hybridized carbons (Fsp3) is 0.951. The number of unbranched alkanes of at least 4 members (excludes halogenated alkanes) is 53. The van der Waals surface area contributed by atoms with Crippen LogP contribution in [0.5, 0.6) is 0 Å². The highest BCUT2D eigenvalue weighted by Gasteiger charge is 2.30. The lowest BCUT2D eigenvalue weighted by molar-refractivity contribution is -0.161. The fourth-order valence-corrected chi connectivity index (χ4v) is 14.3. The van der Waals surface area contributed by atoms with Crippen molar-refractivity contribution in [3.63, 3.8) is 0 Å². The van der Waals surface area contributed by atoms with Gasteiger partial charge in [-0.05, 0) is 31.6 Å². The smallest absolute Gasteiger partial charge is 0.462 e. The number of esters is 4. The van der Waals surface area contributed by atoms with Crippen molar-refractivity contribution in [3.05, 3.63) is 0 Å². The van der Waals surface area contributed by atoms with Crippen LogP contribution < -0.4 is 0 Å². The van der Waals surface area contributed by atoms with Crippen molar-refractivity contribution in [1.82, 2.24) is 0 Å². The quantitative estimate of drug-likeness (QED) is 0.0222. The summed E-state index contributed by atoms with van der Waals surface area (Å²) in [6.07, 6.45) is 66.4. The molecule has 0 aromatic rings. The second-order valence-electron chi connectivity index (χ2n) is 29.8. The number of rotatable bonds is 82. The number of phosphoric acid groups is 2. The molecule has 0 radical (unpaired) electrons. The first-order valence-electron chi connectivity index (χ1n) is 42.7. The SMILES string of the molecule is CCCCCCCCCCCCCCCCCCCC(=O)O[C@H](COC(=O)CCCCCCCCCCCCCCCCCC)COP(=O)(O)OC[C@@H](O)COP(=O)(O)OC[C@@H](COC(=O)CCCCCCCCCCC(C)CC)OC(=O)CCCCCCCCCCCCCCCCCC. The van der Waals surface area contributed by atoms with Gasteiger partial charge in [-0.2, -0.15) is 0 Å². The number of aliphatic hydroxyl groups excluding tert-OH is 1. The van der Waals surface area contributed by atoms with Crippen LogP contribution in [0, 0.1) is 5.92 Å². The number of hydrogen-bond donors (Lipinski definition) is 3. The van der Waals surface area contributed by atoms with Crippen molar-refractivity contribution in [3.8, 4) is 0 Å². The van der Waals surface area contributed by atoms with Gasteiger partial charge in [0.2, 0.25) is 0 Å². The zero-order valence-electron chi connectivity index (χ0n) is 66.1. The number of phosphoric ester groups is 2. The van der Waals surface area contributed by atoms with Crippen LogP contribution >= 0.6 is 15.6 Å². The van der Waals surface area contributed by atoms with E-state index in [0.29, 0.717) is 25.7 Å². The summed E-state index contributed by atoms with van der Waals surface area (Å²) < 4.78 is 68.8. The molecule has 0 aromatic heterocycles. The molecule has 0 aliphatic heterocycles. The average Bonchev–Trinajstić information content (AvgIpc) is 1.02. The molecule has 0 aliphatic rings. The Morgan fingerprint density at radius 3 is 0.703 bits per heavy atom. The molecule has 3 N–H and O–H groups in total. The molecule has 0 rings (SSSR count). The Morgan fingerprint density at radius 1 is 0.277 bits per heavy atom. The van der Waals surface area contributed by atoms with Gasteiger partial charge in [0.1, 0.15) is 19.3 Å². The number of hydrogen-bond acceptors (Lipinski definition) is 15. The molecule has 0 saturated carbocycles. The molecule has 0 spiro atoms. The molecule has 6 atom stereocenters. The maximum Gasteiger partial charge on any atom is 0.472 e. The molecule has 0 saturated heterocycles. The minimum atomic E-state index is -4.96. The fourth-order valence-electron chi connectivity index (χ4n) is 12.7. The van der Waals surface area contributed by atoms with E-state index in [0.717, 1.165) is 95.8 Å². The van der Waals surface area contributed by atoms with Gasteiger partial charge in [-0.1, -0.05) is 388 Å². The van der Waals surface area contributed by atoms with Crippen LogP contribution in [-0.4, -0.2) is 96.7 Å². The molecule has 600 valence electrons. The van der Waals surface area contributed by atoms with Crippen LogP contribution in [0.2, 0.25) is 0 Å². The van der Waals surface area contributed by atoms with E-state index in [2.05, 4.69) is 34.6 Å². The first-order chi connectivity index (χ1) is 49.1. The van der Waals surface area contributed by atoms with Crippen LogP contribution in [0.4, 0.5) is 0 Å². The number of carbonyl (C=O) groups excluding carboxylic acids is 4. The third kappa shape index (κ3) is 74.7. The lowest BCUT2D eigenvalue weighted by Crippen LogP contribution is -2.30. The highest BCUT2D eigenvalue weighted by atomic mass is 31.2. The summed E-state index contributed by atoms with van der Waals surface area (Å²) in [6, 6.07) is 0. The summed E-state index contributed by atoms with van der Waals surface area (Å²) in [7, 11) is -9.92. The van der Waals surface area contributed by atoms with E-state index in [1.54, 1.807) is 0 Å². The number of carbonyl (C=O) groups is 4. The van der Waals surface area contributed by atoms with E-state index < -0.39 is 97.5 Å². The van der Waals surface area contributed by atoms with Gasteiger partial charge in [-0.15, -0.1) is 0 Å². The van der Waals surface area contributed by atoms with Gasteiger partial charge in [0.25, 0.3) is 0 Å². The Morgan fingerprint density at radius 2 is 0.475 bits per heavy atom. The van der Waals surface area contributed by atoms with Crippen molar-refractivity contribution in [2.75, 3.05) is 39.6 Å². The van der Waals surface area contributed by atoms with Crippen molar-refractivity contribution < 1.29 is 80.2 Å². The Hall–Kier alpha value is -1.94. The summed E-state index contributed by atoms with van der Waals surface area (Å²) in [5.74, 6) is -1.32. The standard InChI is InChI=1S/C82H160O17P2/c1-6-10-13-16-19-22-25-28-31-34-37-40-43-46-53-58-63-68-81(86)98-77(71-92-79(84)65-60-55-50-44-41-38-35-32-29-26-23-20-17-14-11-7-2)73-96-100(88,89)94-69-76(83)70-95-101(90,91)97-74-78(72-93-80(85)66-61-56-51-48-47-49-54-59-64-75(5)9-4)99-82(87)67-62-57-52-45-42-39-36-33-30-27-24-21-18-15-12-8-3/h75-78,83H,6-74H2,1-5H3,(H,88,89)(H,90,91)/t75?,76-,77-,78-/m1/s1. The molecule has 0 aliphatic carbocycles. The van der Waals surface area contributed by atoms with Crippen molar-refractivity contribution in [1.29, 1.82) is 0 Å². The Bertz CT molecular complexity index is 1930. The molecule has 0 aromatic carbocycles. The minimum absolute atomic E-state index is 0.108. The summed E-state index contributed by atoms with van der Waals surface area (Å²) >= 11 is 0. The van der Waals surface area contributed by atoms with E-state index >= 15 is 0 Å². The van der Waals surface area contributed by atoms with Crippen molar-refractivity contribution in [2.24, 2.45) is 5.92 Å². The minimum Gasteiger partial charge on any atom is -0.462 e. The van der Waals surface area contributed by atoms with Gasteiger partial charge in [0.05, 0.1) is 26.4 Å². The van der Waals surface area contributed by atoms with Gasteiger partial charge in [0.15, 0.2) is 12.2 Å². The van der Waals surface area contributed by atoms with Gasteiger partial charge >= 0.3 is 39.5 Å². The second-order valence-corrected chi connectivity index (χ2v) is 32.7. The molecule has 0 heterocycles. The Kier molecular flexibility index (Phi) is 73.5. The molecule has 0 bridgehead atoms. The predicted octanol–water partition coefficient (Wildman–Crippen LogP) is 24.8. The number of ether oxygens (including phenoxy) is 4. The molecular formula is C82H160O17P2. The van der Waals surface area contributed by atoms with Crippen molar-refractivity contribution >= 4 is 39.5 Å². The summed E-state index contributed by atoms with van der Waals surface area (Å²) in [4.78, 5) is 73.1. The molecule has 19 heteroatoms. The van der Waals surface area contributed by atoms with E-state index in [4.69, 9.17) is 37.0 Å². The third-order valence-corrected chi connectivity index (χ3v) is 21.5. The van der Waals surface area contributed by atoms with E-state index in [1.807, 2.05) is 0 Å². The first kappa shape index (κ1) is 99.1. The molecule has 101 heavy (non-hydrogen) atoms. The maximum absolute atomic E-state index is 13.1. The largest absolute Gasteiger partial charge is 0.472 e. The van der Waals surface area contributed by atoms with Crippen LogP contribution in [0.1, 0.15) is 439 Å². The molecule has 3 unspecified atom stereocenters. The third-order valence-electron chi connectivity index (χ3n) is 19.6. The predicted molar refractivity (Wildman–Crippen MR) is 414 cm³/mol. The highest BCUT2D eigenvalue weighted by molar-refractivity contribution is 7.47. The second kappa shape index (κ2) is 74.9. The van der Waals surface area contributed by atoms with E-state index in [9.17, 15) is 43.2 Å². The molecule has 0 amide bonds. The van der Waals surface area contributed by atoms with Gasteiger partial charge in [-0.25, -0.2) is 9.13 Å². The van der Waals surface area contributed by atoms with Crippen LogP contribution in [0.3, 0.4) is 0 Å². The van der Waals surface area contributed by atoms with Crippen LogP contribution in [0.15, 0.2) is 0 Å². The van der Waals surface area contributed by atoms with Gasteiger partial charge in [-0.3, -0.25) is 37.3 Å². The topological polar surface area (TPSA) is 237 Å². The zero-order valence-corrected chi connectivity index (χ0v) is 67.8. The monoisotopic (exact) mass is 1480 g/mol. The van der Waals surface area contributed by atoms with Gasteiger partial charge < -0.3 is 33.8 Å². The number of aliphatic hydroxyl groups is 1. The Labute approximate surface area is 619 Å².